The van der Waals surface area contributed by atoms with Crippen molar-refractivity contribution in [2.75, 3.05) is 6.61 Å². The molecule has 1 atom stereocenters. The molecule has 0 fully saturated rings. The zero-order valence-corrected chi connectivity index (χ0v) is 16.9. The zero-order chi connectivity index (χ0) is 20.6. The average molecular weight is 401 g/mol. The van der Waals surface area contributed by atoms with E-state index in [2.05, 4.69) is 10.6 Å². The SMILES string of the molecule is CC(C)(C)NC(=O)NC(=O)COC(=O)[C@@H](Sc1ccccc1)c1ccccc1. The minimum absolute atomic E-state index is 0.480. The van der Waals surface area contributed by atoms with Crippen LogP contribution in [-0.4, -0.2) is 30.1 Å². The smallest absolute Gasteiger partial charge is 0.324 e. The number of nitrogens with one attached hydrogen (secondary N) is 2. The molecule has 28 heavy (non-hydrogen) atoms. The number of carbonyl (C=O) groups is 3. The molecule has 7 heteroatoms. The summed E-state index contributed by atoms with van der Waals surface area (Å²) < 4.78 is 5.17. The molecule has 6 nitrogen and oxygen atoms in total. The van der Waals surface area contributed by atoms with Crippen molar-refractivity contribution in [2.45, 2.75) is 36.5 Å². The van der Waals surface area contributed by atoms with Crippen molar-refractivity contribution in [3.8, 4) is 0 Å². The molecule has 0 aliphatic rings. The first kappa shape index (κ1) is 21.5. The lowest BCUT2D eigenvalue weighted by Crippen LogP contribution is -2.49. The molecule has 0 unspecified atom stereocenters. The predicted molar refractivity (Wildman–Crippen MR) is 109 cm³/mol. The second-order valence-corrected chi connectivity index (χ2v) is 8.26. The summed E-state index contributed by atoms with van der Waals surface area (Å²) in [7, 11) is 0. The summed E-state index contributed by atoms with van der Waals surface area (Å²) in [5.41, 5.74) is 0.290. The van der Waals surface area contributed by atoms with Crippen LogP contribution < -0.4 is 10.6 Å². The molecule has 0 bridgehead atoms. The molecule has 0 aliphatic carbocycles. The van der Waals surface area contributed by atoms with Crippen LogP contribution in [0.25, 0.3) is 0 Å². The lowest BCUT2D eigenvalue weighted by Gasteiger charge is -2.20. The Kier molecular flexibility index (Phi) is 7.63. The second kappa shape index (κ2) is 9.94. The molecule has 2 rings (SSSR count). The molecule has 0 heterocycles. The number of carbonyl (C=O) groups excluding carboxylic acids is 3. The van der Waals surface area contributed by atoms with E-state index < -0.39 is 35.3 Å². The van der Waals surface area contributed by atoms with Gasteiger partial charge in [0.05, 0.1) is 0 Å². The van der Waals surface area contributed by atoms with Gasteiger partial charge in [-0.3, -0.25) is 14.9 Å². The van der Waals surface area contributed by atoms with Gasteiger partial charge in [-0.05, 0) is 38.5 Å². The summed E-state index contributed by atoms with van der Waals surface area (Å²) in [6.45, 7) is 4.85. The second-order valence-electron chi connectivity index (χ2n) is 7.08. The Morgan fingerprint density at radius 1 is 0.964 bits per heavy atom. The van der Waals surface area contributed by atoms with Crippen LogP contribution >= 0.6 is 11.8 Å². The van der Waals surface area contributed by atoms with Gasteiger partial charge in [-0.15, -0.1) is 11.8 Å². The largest absolute Gasteiger partial charge is 0.454 e. The molecule has 2 N–H and O–H groups in total. The number of rotatable bonds is 6. The van der Waals surface area contributed by atoms with E-state index >= 15 is 0 Å². The minimum Gasteiger partial charge on any atom is -0.454 e. The first-order valence-corrected chi connectivity index (χ1v) is 9.68. The number of amides is 3. The Balaban J connectivity index is 1.99. The van der Waals surface area contributed by atoms with Crippen molar-refractivity contribution in [3.63, 3.8) is 0 Å². The van der Waals surface area contributed by atoms with Crippen molar-refractivity contribution >= 4 is 29.7 Å². The van der Waals surface area contributed by atoms with Crippen LogP contribution in [0, 0.1) is 0 Å². The van der Waals surface area contributed by atoms with E-state index in [0.717, 1.165) is 10.5 Å². The number of esters is 1. The predicted octanol–water partition coefficient (Wildman–Crippen LogP) is 3.69. The third kappa shape index (κ3) is 7.44. The van der Waals surface area contributed by atoms with E-state index in [0.29, 0.717) is 0 Å². The maximum absolute atomic E-state index is 12.6. The highest BCUT2D eigenvalue weighted by Gasteiger charge is 2.25. The van der Waals surface area contributed by atoms with Gasteiger partial charge in [0.25, 0.3) is 5.91 Å². The van der Waals surface area contributed by atoms with Gasteiger partial charge < -0.3 is 10.1 Å². The average Bonchev–Trinajstić information content (AvgIpc) is 2.64. The van der Waals surface area contributed by atoms with Gasteiger partial charge in [-0.25, -0.2) is 4.79 Å². The van der Waals surface area contributed by atoms with E-state index in [1.165, 1.54) is 11.8 Å². The molecule has 0 radical (unpaired) electrons. The lowest BCUT2D eigenvalue weighted by atomic mass is 10.1. The molecule has 0 aliphatic heterocycles. The maximum atomic E-state index is 12.6. The first-order valence-electron chi connectivity index (χ1n) is 8.80. The monoisotopic (exact) mass is 400 g/mol. The fourth-order valence-corrected chi connectivity index (χ4v) is 3.31. The molecule has 0 aromatic heterocycles. The third-order valence-corrected chi connectivity index (χ3v) is 4.65. The number of urea groups is 1. The summed E-state index contributed by atoms with van der Waals surface area (Å²) in [6, 6.07) is 18.0. The summed E-state index contributed by atoms with van der Waals surface area (Å²) in [5.74, 6) is -1.24. The van der Waals surface area contributed by atoms with Crippen LogP contribution in [0.1, 0.15) is 31.6 Å². The molecule has 148 valence electrons. The molecular weight excluding hydrogens is 376 g/mol. The minimum atomic E-state index is -0.688. The van der Waals surface area contributed by atoms with Crippen molar-refractivity contribution in [1.82, 2.24) is 10.6 Å². The van der Waals surface area contributed by atoms with Crippen molar-refractivity contribution in [1.29, 1.82) is 0 Å². The van der Waals surface area contributed by atoms with Gasteiger partial charge in [0.2, 0.25) is 0 Å². The zero-order valence-electron chi connectivity index (χ0n) is 16.1. The van der Waals surface area contributed by atoms with Crippen LogP contribution in [0.5, 0.6) is 0 Å². The summed E-state index contributed by atoms with van der Waals surface area (Å²) in [5, 5.41) is 4.13. The van der Waals surface area contributed by atoms with Crippen molar-refractivity contribution in [3.05, 3.63) is 66.2 Å². The summed E-state index contributed by atoms with van der Waals surface area (Å²) >= 11 is 1.34. The van der Waals surface area contributed by atoms with Gasteiger partial charge >= 0.3 is 12.0 Å². The first-order chi connectivity index (χ1) is 13.2. The van der Waals surface area contributed by atoms with E-state index in [4.69, 9.17) is 4.74 Å². The summed E-state index contributed by atoms with van der Waals surface area (Å²) in [4.78, 5) is 37.2. The Morgan fingerprint density at radius 2 is 1.54 bits per heavy atom. The number of hydrogen-bond donors (Lipinski definition) is 2. The van der Waals surface area contributed by atoms with Crippen LogP contribution in [0.4, 0.5) is 4.79 Å². The van der Waals surface area contributed by atoms with Crippen LogP contribution in [-0.2, 0) is 14.3 Å². The maximum Gasteiger partial charge on any atom is 0.324 e. The molecule has 3 amide bonds. The highest BCUT2D eigenvalue weighted by Crippen LogP contribution is 2.36. The molecular formula is C21H24N2O4S. The fraction of sp³-hybridized carbons (Fsp3) is 0.286. The Hall–Kier alpha value is -2.80. The highest BCUT2D eigenvalue weighted by atomic mass is 32.2. The van der Waals surface area contributed by atoms with Crippen LogP contribution in [0.3, 0.4) is 0 Å². The van der Waals surface area contributed by atoms with Gasteiger partial charge in [-0.1, -0.05) is 48.5 Å². The van der Waals surface area contributed by atoms with E-state index in [-0.39, 0.29) is 0 Å². The molecule has 0 saturated heterocycles. The van der Waals surface area contributed by atoms with Crippen molar-refractivity contribution < 1.29 is 19.1 Å². The van der Waals surface area contributed by atoms with Crippen molar-refractivity contribution in [2.24, 2.45) is 0 Å². The van der Waals surface area contributed by atoms with E-state index in [1.54, 1.807) is 20.8 Å². The molecule has 0 saturated carbocycles. The van der Waals surface area contributed by atoms with Gasteiger partial charge in [0.15, 0.2) is 6.61 Å². The molecule has 2 aromatic carbocycles. The molecule has 2 aromatic rings. The standard InChI is InChI=1S/C21H24N2O4S/c1-21(2,3)23-20(26)22-17(24)14-27-19(25)18(15-10-6-4-7-11-15)28-16-12-8-5-9-13-16/h4-13,18H,14H2,1-3H3,(H2,22,23,24,26)/t18-/m0/s1. The topological polar surface area (TPSA) is 84.5 Å². The van der Waals surface area contributed by atoms with Crippen LogP contribution in [0.15, 0.2) is 65.6 Å². The number of ether oxygens (including phenoxy) is 1. The summed E-state index contributed by atoms with van der Waals surface area (Å²) in [6.07, 6.45) is 0. The van der Waals surface area contributed by atoms with Gasteiger partial charge in [0.1, 0.15) is 5.25 Å². The van der Waals surface area contributed by atoms with Crippen LogP contribution in [0.2, 0.25) is 0 Å². The number of imide groups is 1. The van der Waals surface area contributed by atoms with E-state index in [1.807, 2.05) is 60.7 Å². The van der Waals surface area contributed by atoms with E-state index in [9.17, 15) is 14.4 Å². The number of benzene rings is 2. The Bertz CT molecular complexity index is 804. The highest BCUT2D eigenvalue weighted by molar-refractivity contribution is 8.00. The van der Waals surface area contributed by atoms with Gasteiger partial charge in [-0.2, -0.15) is 0 Å². The number of thioether (sulfide) groups is 1. The number of hydrogen-bond acceptors (Lipinski definition) is 5. The molecule has 0 spiro atoms. The lowest BCUT2D eigenvalue weighted by molar-refractivity contribution is -0.147. The quantitative estimate of drug-likeness (QED) is 0.571. The Morgan fingerprint density at radius 3 is 2.11 bits per heavy atom. The van der Waals surface area contributed by atoms with Gasteiger partial charge in [0, 0.05) is 10.4 Å². The normalized spacial score (nSPS) is 12.0. The third-order valence-electron chi connectivity index (χ3n) is 3.40. The fourth-order valence-electron chi connectivity index (χ4n) is 2.26. The Labute approximate surface area is 169 Å².